The molecule has 0 aliphatic rings. The summed E-state index contributed by atoms with van der Waals surface area (Å²) in [5.74, 6) is 0. The molecule has 0 N–H and O–H groups in total. The first-order valence-electron chi connectivity index (χ1n) is 7.78. The van der Waals surface area contributed by atoms with Crippen LogP contribution in [-0.4, -0.2) is 22.1 Å². The maximum Gasteiger partial charge on any atom is 0.389 e. The van der Waals surface area contributed by atoms with Gasteiger partial charge in [-0.25, -0.2) is 0 Å². The fourth-order valence-corrected chi connectivity index (χ4v) is 3.06. The molecular formula is C17H17Cl2F3N2O2. The normalized spacial score (nSPS) is 10.9. The Kier molecular flexibility index (Phi) is 8.34. The first-order chi connectivity index (χ1) is 12.2. The van der Waals surface area contributed by atoms with Gasteiger partial charge in [0, 0.05) is 18.5 Å². The Balaban J connectivity index is 0.00000105. The van der Waals surface area contributed by atoms with Crippen LogP contribution in [0.5, 0.6) is 0 Å². The first-order valence-corrected chi connectivity index (χ1v) is 8.54. The molecule has 1 aromatic carbocycles. The summed E-state index contributed by atoms with van der Waals surface area (Å²) in [7, 11) is 0. The number of alkyl halides is 3. The molecule has 0 saturated carbocycles. The van der Waals surface area contributed by atoms with Gasteiger partial charge in [0.05, 0.1) is 21.4 Å². The second-order valence-electron chi connectivity index (χ2n) is 5.29. The lowest BCUT2D eigenvalue weighted by molar-refractivity contribution is -0.191. The van der Waals surface area contributed by atoms with Gasteiger partial charge in [-0.2, -0.15) is 27.9 Å². The highest BCUT2D eigenvalue weighted by Crippen LogP contribution is 2.36. The average Bonchev–Trinajstić information content (AvgIpc) is 2.89. The average molecular weight is 409 g/mol. The quantitative estimate of drug-likeness (QED) is 0.669. The fraction of sp³-hybridized carbons (Fsp3) is 0.412. The summed E-state index contributed by atoms with van der Waals surface area (Å²) in [5.41, 5.74) is 2.71. The van der Waals surface area contributed by atoms with E-state index in [9.17, 15) is 13.2 Å². The van der Waals surface area contributed by atoms with Gasteiger partial charge in [0.15, 0.2) is 0 Å². The zero-order valence-corrected chi connectivity index (χ0v) is 15.7. The van der Waals surface area contributed by atoms with Gasteiger partial charge < -0.3 is 0 Å². The molecule has 0 aliphatic heterocycles. The molecule has 26 heavy (non-hydrogen) atoms. The molecule has 0 aliphatic carbocycles. The molecule has 9 heteroatoms. The largest absolute Gasteiger partial charge is 0.389 e. The van der Waals surface area contributed by atoms with Crippen LogP contribution in [0.2, 0.25) is 10.0 Å². The molecule has 2 rings (SSSR count). The molecular weight excluding hydrogens is 392 g/mol. The molecule has 2 aromatic rings. The first kappa shape index (κ1) is 22.2. The Labute approximate surface area is 158 Å². The molecule has 0 unspecified atom stereocenters. The molecule has 0 spiro atoms. The minimum Gasteiger partial charge on any atom is -0.263 e. The third kappa shape index (κ3) is 5.87. The standard InChI is InChI=1S/C16H17Cl2F3N2.CO2/c1-3-13-14(18)15(23(4-2)22-13)11-6-5-10(9-12(11)17)7-8-16(19,20)21;2-1-3/h5-6,9H,3-4,7-8H2,1-2H3;. The van der Waals surface area contributed by atoms with Crippen molar-refractivity contribution in [2.45, 2.75) is 45.8 Å². The van der Waals surface area contributed by atoms with Crippen molar-refractivity contribution in [3.8, 4) is 11.3 Å². The third-order valence-corrected chi connectivity index (χ3v) is 4.29. The molecule has 0 bridgehead atoms. The van der Waals surface area contributed by atoms with Crippen LogP contribution in [0.25, 0.3) is 11.3 Å². The Morgan fingerprint density at radius 2 is 1.81 bits per heavy atom. The van der Waals surface area contributed by atoms with Crippen molar-refractivity contribution < 1.29 is 22.8 Å². The highest BCUT2D eigenvalue weighted by Gasteiger charge is 2.26. The monoisotopic (exact) mass is 408 g/mol. The zero-order valence-electron chi connectivity index (χ0n) is 14.2. The van der Waals surface area contributed by atoms with Crippen molar-refractivity contribution in [3.05, 3.63) is 39.5 Å². The van der Waals surface area contributed by atoms with Crippen LogP contribution in [0.1, 0.15) is 31.5 Å². The van der Waals surface area contributed by atoms with Crippen molar-refractivity contribution in [3.63, 3.8) is 0 Å². The van der Waals surface area contributed by atoms with Crippen molar-refractivity contribution in [2.75, 3.05) is 0 Å². The second-order valence-corrected chi connectivity index (χ2v) is 6.08. The van der Waals surface area contributed by atoms with Gasteiger partial charge in [0.25, 0.3) is 0 Å². The van der Waals surface area contributed by atoms with E-state index < -0.39 is 12.6 Å². The van der Waals surface area contributed by atoms with Gasteiger partial charge in [-0.15, -0.1) is 0 Å². The smallest absolute Gasteiger partial charge is 0.263 e. The lowest BCUT2D eigenvalue weighted by atomic mass is 10.0. The Hall–Kier alpha value is -1.82. The second kappa shape index (κ2) is 9.76. The minimum atomic E-state index is -4.18. The summed E-state index contributed by atoms with van der Waals surface area (Å²) in [4.78, 5) is 16.2. The molecule has 0 saturated heterocycles. The van der Waals surface area contributed by atoms with E-state index in [1.807, 2.05) is 13.8 Å². The minimum absolute atomic E-state index is 0.0928. The number of aromatic nitrogens is 2. The lowest BCUT2D eigenvalue weighted by Crippen LogP contribution is -2.08. The summed E-state index contributed by atoms with van der Waals surface area (Å²) in [6.45, 7) is 4.53. The van der Waals surface area contributed by atoms with Gasteiger partial charge >= 0.3 is 12.3 Å². The van der Waals surface area contributed by atoms with Crippen LogP contribution >= 0.6 is 23.2 Å². The number of nitrogens with zero attached hydrogens (tertiary/aromatic N) is 2. The van der Waals surface area contributed by atoms with Crippen LogP contribution in [0.15, 0.2) is 18.2 Å². The predicted molar refractivity (Wildman–Crippen MR) is 92.1 cm³/mol. The molecule has 0 radical (unpaired) electrons. The molecule has 4 nitrogen and oxygen atoms in total. The van der Waals surface area contributed by atoms with E-state index >= 15 is 0 Å². The maximum atomic E-state index is 12.3. The van der Waals surface area contributed by atoms with E-state index in [0.717, 1.165) is 5.69 Å². The van der Waals surface area contributed by atoms with Crippen molar-refractivity contribution in [1.29, 1.82) is 0 Å². The molecule has 0 fully saturated rings. The lowest BCUT2D eigenvalue weighted by Gasteiger charge is -2.10. The van der Waals surface area contributed by atoms with E-state index in [2.05, 4.69) is 5.10 Å². The zero-order chi connectivity index (χ0) is 19.9. The number of rotatable bonds is 5. The molecule has 1 heterocycles. The summed E-state index contributed by atoms with van der Waals surface area (Å²) in [5, 5.41) is 5.35. The number of halogens is 5. The summed E-state index contributed by atoms with van der Waals surface area (Å²) in [6, 6.07) is 4.93. The number of carbonyl (C=O) groups excluding carboxylic acids is 2. The Morgan fingerprint density at radius 1 is 1.19 bits per heavy atom. The van der Waals surface area contributed by atoms with Crippen LogP contribution in [0, 0.1) is 0 Å². The number of benzene rings is 1. The van der Waals surface area contributed by atoms with E-state index in [0.29, 0.717) is 39.8 Å². The van der Waals surface area contributed by atoms with Crippen molar-refractivity contribution in [2.24, 2.45) is 0 Å². The molecule has 142 valence electrons. The Bertz CT molecular complexity index is 783. The molecule has 0 amide bonds. The predicted octanol–water partition coefficient (Wildman–Crippen LogP) is 5.35. The highest BCUT2D eigenvalue weighted by atomic mass is 35.5. The highest BCUT2D eigenvalue weighted by molar-refractivity contribution is 6.36. The number of aryl methyl sites for hydroxylation is 3. The van der Waals surface area contributed by atoms with Crippen LogP contribution in [-0.2, 0) is 29.0 Å². The van der Waals surface area contributed by atoms with Crippen LogP contribution in [0.3, 0.4) is 0 Å². The van der Waals surface area contributed by atoms with E-state index in [4.69, 9.17) is 32.8 Å². The molecule has 0 atom stereocenters. The van der Waals surface area contributed by atoms with Crippen LogP contribution < -0.4 is 0 Å². The van der Waals surface area contributed by atoms with Gasteiger partial charge in [0.2, 0.25) is 0 Å². The summed E-state index contributed by atoms with van der Waals surface area (Å²) < 4.78 is 38.7. The van der Waals surface area contributed by atoms with Crippen LogP contribution in [0.4, 0.5) is 13.2 Å². The number of hydrogen-bond acceptors (Lipinski definition) is 3. The maximum absolute atomic E-state index is 12.3. The van der Waals surface area contributed by atoms with Gasteiger partial charge in [-0.05, 0) is 31.4 Å². The van der Waals surface area contributed by atoms with Gasteiger partial charge in [-0.1, -0.05) is 42.3 Å². The van der Waals surface area contributed by atoms with E-state index in [1.54, 1.807) is 22.9 Å². The fourth-order valence-electron chi connectivity index (χ4n) is 2.39. The summed E-state index contributed by atoms with van der Waals surface area (Å²) >= 11 is 12.7. The molecule has 1 aromatic heterocycles. The van der Waals surface area contributed by atoms with Gasteiger partial charge in [0.1, 0.15) is 0 Å². The van der Waals surface area contributed by atoms with E-state index in [-0.39, 0.29) is 12.6 Å². The number of hydrogen-bond donors (Lipinski definition) is 0. The van der Waals surface area contributed by atoms with Crippen molar-refractivity contribution in [1.82, 2.24) is 9.78 Å². The van der Waals surface area contributed by atoms with Crippen molar-refractivity contribution >= 4 is 29.4 Å². The topological polar surface area (TPSA) is 52.0 Å². The van der Waals surface area contributed by atoms with Gasteiger partial charge in [-0.3, -0.25) is 4.68 Å². The summed E-state index contributed by atoms with van der Waals surface area (Å²) in [6.07, 6.45) is -4.19. The van der Waals surface area contributed by atoms with E-state index in [1.165, 1.54) is 0 Å². The SMILES string of the molecule is CCc1nn(CC)c(-c2ccc(CCC(F)(F)F)cc2Cl)c1Cl.O=C=O. The third-order valence-electron chi connectivity index (χ3n) is 3.58. The Morgan fingerprint density at radius 3 is 2.27 bits per heavy atom.